The molecule has 0 amide bonds. The lowest BCUT2D eigenvalue weighted by molar-refractivity contribution is 0.0125. The van der Waals surface area contributed by atoms with E-state index in [0.29, 0.717) is 13.2 Å². The second-order valence-corrected chi connectivity index (χ2v) is 4.83. The van der Waals surface area contributed by atoms with Gasteiger partial charge in [-0.15, -0.1) is 0 Å². The van der Waals surface area contributed by atoms with Gasteiger partial charge in [-0.3, -0.25) is 0 Å². The SMILES string of the molecule is CCNCC(C)(O)COc1cc(C)ccc1C. The Hall–Kier alpha value is -1.06. The number of nitrogens with one attached hydrogen (secondary N) is 1. The zero-order valence-electron chi connectivity index (χ0n) is 11.2. The Kier molecular flexibility index (Phi) is 4.97. The number of likely N-dealkylation sites (N-methyl/N-ethyl adjacent to an activating group) is 1. The first kappa shape index (κ1) is 14.0. The van der Waals surface area contributed by atoms with Gasteiger partial charge in [-0.25, -0.2) is 0 Å². The molecule has 1 rings (SSSR count). The average Bonchev–Trinajstić information content (AvgIpc) is 2.28. The highest BCUT2D eigenvalue weighted by Gasteiger charge is 2.20. The maximum Gasteiger partial charge on any atom is 0.122 e. The van der Waals surface area contributed by atoms with Crippen LogP contribution in [0.3, 0.4) is 0 Å². The summed E-state index contributed by atoms with van der Waals surface area (Å²) in [4.78, 5) is 0. The molecule has 0 saturated carbocycles. The topological polar surface area (TPSA) is 41.5 Å². The molecular formula is C14H23NO2. The standard InChI is InChI=1S/C14H23NO2/c1-5-15-9-14(4,16)10-17-13-8-11(2)6-7-12(13)3/h6-8,15-16H,5,9-10H2,1-4H3. The summed E-state index contributed by atoms with van der Waals surface area (Å²) in [5.74, 6) is 0.849. The molecule has 96 valence electrons. The molecule has 1 atom stereocenters. The molecule has 0 aliphatic carbocycles. The second kappa shape index (κ2) is 6.03. The van der Waals surface area contributed by atoms with E-state index < -0.39 is 5.60 Å². The average molecular weight is 237 g/mol. The Morgan fingerprint density at radius 2 is 2.06 bits per heavy atom. The summed E-state index contributed by atoms with van der Waals surface area (Å²) in [6.45, 7) is 9.51. The molecule has 0 heterocycles. The third-order valence-corrected chi connectivity index (χ3v) is 2.64. The summed E-state index contributed by atoms with van der Waals surface area (Å²) in [6, 6.07) is 6.08. The van der Waals surface area contributed by atoms with Gasteiger partial charge in [0.15, 0.2) is 0 Å². The van der Waals surface area contributed by atoms with Crippen LogP contribution in [0.5, 0.6) is 5.75 Å². The van der Waals surface area contributed by atoms with Crippen molar-refractivity contribution in [2.75, 3.05) is 19.7 Å². The molecule has 0 bridgehead atoms. The molecule has 1 aromatic rings. The zero-order valence-corrected chi connectivity index (χ0v) is 11.2. The Labute approximate surface area is 104 Å². The van der Waals surface area contributed by atoms with Crippen LogP contribution in [0.2, 0.25) is 0 Å². The number of aryl methyl sites for hydroxylation is 2. The summed E-state index contributed by atoms with van der Waals surface area (Å²) >= 11 is 0. The molecule has 0 spiro atoms. The molecule has 0 aromatic heterocycles. The predicted octanol–water partition coefficient (Wildman–Crippen LogP) is 2.04. The van der Waals surface area contributed by atoms with Crippen molar-refractivity contribution in [3.05, 3.63) is 29.3 Å². The molecule has 1 aromatic carbocycles. The molecule has 0 aliphatic heterocycles. The van der Waals surface area contributed by atoms with Crippen LogP contribution in [0.1, 0.15) is 25.0 Å². The quantitative estimate of drug-likeness (QED) is 0.795. The minimum atomic E-state index is -0.841. The number of benzene rings is 1. The Morgan fingerprint density at radius 3 is 2.71 bits per heavy atom. The highest BCUT2D eigenvalue weighted by molar-refractivity contribution is 5.36. The highest BCUT2D eigenvalue weighted by Crippen LogP contribution is 2.20. The van der Waals surface area contributed by atoms with E-state index in [9.17, 15) is 5.11 Å². The molecule has 2 N–H and O–H groups in total. The van der Waals surface area contributed by atoms with Gasteiger partial charge in [0.1, 0.15) is 18.0 Å². The normalized spacial score (nSPS) is 14.4. The number of ether oxygens (including phenoxy) is 1. The van der Waals surface area contributed by atoms with Crippen LogP contribution in [-0.2, 0) is 0 Å². The van der Waals surface area contributed by atoms with Crippen LogP contribution in [-0.4, -0.2) is 30.4 Å². The van der Waals surface area contributed by atoms with Crippen LogP contribution in [0.4, 0.5) is 0 Å². The van der Waals surface area contributed by atoms with Crippen LogP contribution in [0, 0.1) is 13.8 Å². The van der Waals surface area contributed by atoms with Crippen molar-refractivity contribution >= 4 is 0 Å². The number of rotatable bonds is 6. The van der Waals surface area contributed by atoms with Crippen LogP contribution >= 0.6 is 0 Å². The summed E-state index contributed by atoms with van der Waals surface area (Å²) in [6.07, 6.45) is 0. The van der Waals surface area contributed by atoms with Gasteiger partial charge < -0.3 is 15.2 Å². The third-order valence-electron chi connectivity index (χ3n) is 2.64. The smallest absolute Gasteiger partial charge is 0.122 e. The molecule has 0 aliphatic rings. The van der Waals surface area contributed by atoms with Gasteiger partial charge >= 0.3 is 0 Å². The van der Waals surface area contributed by atoms with Crippen molar-refractivity contribution in [1.82, 2.24) is 5.32 Å². The number of hydrogen-bond acceptors (Lipinski definition) is 3. The van der Waals surface area contributed by atoms with E-state index in [2.05, 4.69) is 11.4 Å². The van der Waals surface area contributed by atoms with Gasteiger partial charge in [0.25, 0.3) is 0 Å². The minimum Gasteiger partial charge on any atom is -0.490 e. The summed E-state index contributed by atoms with van der Waals surface area (Å²) in [5.41, 5.74) is 1.42. The molecular weight excluding hydrogens is 214 g/mol. The van der Waals surface area contributed by atoms with E-state index in [-0.39, 0.29) is 0 Å². The van der Waals surface area contributed by atoms with E-state index in [4.69, 9.17) is 4.74 Å². The molecule has 0 fully saturated rings. The van der Waals surface area contributed by atoms with Crippen molar-refractivity contribution in [1.29, 1.82) is 0 Å². The fourth-order valence-electron chi connectivity index (χ4n) is 1.54. The van der Waals surface area contributed by atoms with Gasteiger partial charge in [-0.1, -0.05) is 19.1 Å². The zero-order chi connectivity index (χ0) is 12.9. The number of hydrogen-bond donors (Lipinski definition) is 2. The predicted molar refractivity (Wildman–Crippen MR) is 70.6 cm³/mol. The first-order valence-corrected chi connectivity index (χ1v) is 6.08. The number of aliphatic hydroxyl groups is 1. The van der Waals surface area contributed by atoms with E-state index in [1.165, 1.54) is 0 Å². The lowest BCUT2D eigenvalue weighted by atomic mass is 10.1. The van der Waals surface area contributed by atoms with Crippen molar-refractivity contribution < 1.29 is 9.84 Å². The van der Waals surface area contributed by atoms with Crippen LogP contribution in [0.15, 0.2) is 18.2 Å². The monoisotopic (exact) mass is 237 g/mol. The Bertz CT molecular complexity index is 361. The molecule has 3 heteroatoms. The molecule has 0 saturated heterocycles. The van der Waals surface area contributed by atoms with E-state index in [0.717, 1.165) is 23.4 Å². The molecule has 3 nitrogen and oxygen atoms in total. The minimum absolute atomic E-state index is 0.296. The highest BCUT2D eigenvalue weighted by atomic mass is 16.5. The van der Waals surface area contributed by atoms with E-state index >= 15 is 0 Å². The summed E-state index contributed by atoms with van der Waals surface area (Å²) in [5, 5.41) is 13.2. The molecule has 1 unspecified atom stereocenters. The molecule has 0 radical (unpaired) electrons. The second-order valence-electron chi connectivity index (χ2n) is 4.83. The first-order valence-electron chi connectivity index (χ1n) is 6.08. The van der Waals surface area contributed by atoms with Gasteiger partial charge in [0.05, 0.1) is 0 Å². The third kappa shape index (κ3) is 4.75. The van der Waals surface area contributed by atoms with Crippen molar-refractivity contribution in [3.8, 4) is 5.75 Å². The first-order chi connectivity index (χ1) is 7.94. The fourth-order valence-corrected chi connectivity index (χ4v) is 1.54. The largest absolute Gasteiger partial charge is 0.490 e. The Morgan fingerprint density at radius 1 is 1.35 bits per heavy atom. The maximum atomic E-state index is 10.1. The lowest BCUT2D eigenvalue weighted by Gasteiger charge is -2.24. The van der Waals surface area contributed by atoms with Gasteiger partial charge in [-0.2, -0.15) is 0 Å². The molecule has 17 heavy (non-hydrogen) atoms. The van der Waals surface area contributed by atoms with E-state index in [1.54, 1.807) is 6.92 Å². The maximum absolute atomic E-state index is 10.1. The van der Waals surface area contributed by atoms with Gasteiger partial charge in [0, 0.05) is 6.54 Å². The van der Waals surface area contributed by atoms with Crippen molar-refractivity contribution in [2.45, 2.75) is 33.3 Å². The Balaban J connectivity index is 2.57. The van der Waals surface area contributed by atoms with Gasteiger partial charge in [-0.05, 0) is 44.5 Å². The van der Waals surface area contributed by atoms with Crippen molar-refractivity contribution in [2.24, 2.45) is 0 Å². The van der Waals surface area contributed by atoms with E-state index in [1.807, 2.05) is 32.9 Å². The summed E-state index contributed by atoms with van der Waals surface area (Å²) < 4.78 is 5.69. The van der Waals surface area contributed by atoms with Crippen LogP contribution in [0.25, 0.3) is 0 Å². The van der Waals surface area contributed by atoms with Gasteiger partial charge in [0.2, 0.25) is 0 Å². The van der Waals surface area contributed by atoms with Crippen molar-refractivity contribution in [3.63, 3.8) is 0 Å². The summed E-state index contributed by atoms with van der Waals surface area (Å²) in [7, 11) is 0. The van der Waals surface area contributed by atoms with Crippen LogP contribution < -0.4 is 10.1 Å². The fraction of sp³-hybridized carbons (Fsp3) is 0.571. The lowest BCUT2D eigenvalue weighted by Crippen LogP contribution is -2.42.